The van der Waals surface area contributed by atoms with Gasteiger partial charge in [-0.3, -0.25) is 9.69 Å². The molecule has 1 spiro atoms. The molecule has 4 aliphatic carbocycles. The molecule has 3 nitrogen and oxygen atoms in total. The van der Waals surface area contributed by atoms with Crippen molar-refractivity contribution in [2.45, 2.75) is 71.4 Å². The third-order valence-corrected chi connectivity index (χ3v) is 10.1. The Kier molecular flexibility index (Phi) is 3.78. The number of ether oxygens (including phenoxy) is 1. The molecule has 4 heteroatoms. The van der Waals surface area contributed by atoms with Crippen LogP contribution < -0.4 is 0 Å². The highest BCUT2D eigenvalue weighted by atomic mass is 35.5. The molecule has 0 amide bonds. The molecule has 2 heterocycles. The van der Waals surface area contributed by atoms with Crippen LogP contribution in [0.4, 0.5) is 0 Å². The molecule has 0 N–H and O–H groups in total. The van der Waals surface area contributed by atoms with Gasteiger partial charge in [0.2, 0.25) is 0 Å². The number of carbonyl (C=O) groups excluding carboxylic acids is 1. The standard InChI is InChI=1S/C22H33NO2.ClH/c1-14-15-4-5-17-21(12-15,18(14)24)9-6-16-20(2)7-3-8-22(16,17)19-23(13-20)10-11-25-19;/h14-17,19H,3-13H2,1-2H3;1H/t14-,15-,16-,17-,19?,20+,21-,22+;/m1./s1. The number of nitrogens with zero attached hydrogens (tertiary/aromatic N) is 1. The van der Waals surface area contributed by atoms with Crippen LogP contribution in [0.25, 0.3) is 0 Å². The lowest BCUT2D eigenvalue weighted by molar-refractivity contribution is -0.265. The molecule has 0 aromatic carbocycles. The number of hydrogen-bond acceptors (Lipinski definition) is 3. The maximum absolute atomic E-state index is 13.5. The molecule has 1 unspecified atom stereocenters. The van der Waals surface area contributed by atoms with Gasteiger partial charge >= 0.3 is 0 Å². The van der Waals surface area contributed by atoms with E-state index < -0.39 is 0 Å². The summed E-state index contributed by atoms with van der Waals surface area (Å²) in [7, 11) is 0. The molecular weight excluding hydrogens is 346 g/mol. The molecule has 6 rings (SSSR count). The summed E-state index contributed by atoms with van der Waals surface area (Å²) < 4.78 is 6.48. The van der Waals surface area contributed by atoms with Crippen LogP contribution in [0, 0.1) is 39.9 Å². The van der Waals surface area contributed by atoms with Crippen molar-refractivity contribution in [1.29, 1.82) is 0 Å². The maximum Gasteiger partial charge on any atom is 0.142 e. The fourth-order valence-corrected chi connectivity index (χ4v) is 9.43. The van der Waals surface area contributed by atoms with Crippen LogP contribution in [-0.4, -0.2) is 36.6 Å². The molecule has 4 saturated carbocycles. The van der Waals surface area contributed by atoms with Crippen molar-refractivity contribution < 1.29 is 9.53 Å². The fraction of sp³-hybridized carbons (Fsp3) is 0.955. The number of ketones is 1. The van der Waals surface area contributed by atoms with Gasteiger partial charge in [-0.25, -0.2) is 0 Å². The van der Waals surface area contributed by atoms with E-state index in [1.807, 2.05) is 0 Å². The van der Waals surface area contributed by atoms with Crippen molar-refractivity contribution in [2.75, 3.05) is 19.7 Å². The first-order valence-electron chi connectivity index (χ1n) is 10.9. The average Bonchev–Trinajstić information content (AvgIpc) is 3.12. The van der Waals surface area contributed by atoms with Crippen LogP contribution >= 0.6 is 12.4 Å². The third kappa shape index (κ3) is 1.82. The van der Waals surface area contributed by atoms with Gasteiger partial charge in [-0.15, -0.1) is 12.4 Å². The SMILES string of the molecule is C[C@H]1C(=O)[C@@]23CC[C@@H]4[C@@]5(C)CCC[C@@]4(C4OCCN4C5)[C@@H]2CC[C@@H]1C3.Cl. The molecule has 2 saturated heterocycles. The molecule has 8 atom stereocenters. The van der Waals surface area contributed by atoms with Gasteiger partial charge in [0.1, 0.15) is 12.0 Å². The topological polar surface area (TPSA) is 29.5 Å². The summed E-state index contributed by atoms with van der Waals surface area (Å²) >= 11 is 0. The van der Waals surface area contributed by atoms with E-state index in [4.69, 9.17) is 4.74 Å². The van der Waals surface area contributed by atoms with Crippen molar-refractivity contribution in [3.8, 4) is 0 Å². The smallest absolute Gasteiger partial charge is 0.142 e. The molecule has 6 aliphatic rings. The quantitative estimate of drug-likeness (QED) is 0.628. The summed E-state index contributed by atoms with van der Waals surface area (Å²) in [5, 5.41) is 0. The van der Waals surface area contributed by atoms with Gasteiger partial charge in [-0.1, -0.05) is 20.3 Å². The molecule has 0 radical (unpaired) electrons. The highest BCUT2D eigenvalue weighted by Gasteiger charge is 2.73. The monoisotopic (exact) mass is 379 g/mol. The second kappa shape index (κ2) is 5.48. The molecule has 0 aromatic rings. The van der Waals surface area contributed by atoms with Crippen LogP contribution in [0.15, 0.2) is 0 Å². The fourth-order valence-electron chi connectivity index (χ4n) is 9.43. The van der Waals surface area contributed by atoms with Crippen molar-refractivity contribution in [2.24, 2.45) is 39.9 Å². The minimum Gasteiger partial charge on any atom is -0.361 e. The predicted molar refractivity (Wildman–Crippen MR) is 103 cm³/mol. The van der Waals surface area contributed by atoms with Crippen molar-refractivity contribution >= 4 is 18.2 Å². The number of piperidine rings is 1. The molecule has 6 fully saturated rings. The van der Waals surface area contributed by atoms with E-state index in [0.29, 0.717) is 35.2 Å². The van der Waals surface area contributed by atoms with Gasteiger partial charge in [0.25, 0.3) is 0 Å². The first-order valence-corrected chi connectivity index (χ1v) is 10.9. The first-order chi connectivity index (χ1) is 12.0. The molecule has 2 aliphatic heterocycles. The summed E-state index contributed by atoms with van der Waals surface area (Å²) in [6.45, 7) is 8.06. The number of carbonyl (C=O) groups is 1. The lowest BCUT2D eigenvalue weighted by Crippen LogP contribution is -2.71. The third-order valence-electron chi connectivity index (χ3n) is 10.1. The van der Waals surface area contributed by atoms with E-state index >= 15 is 0 Å². The van der Waals surface area contributed by atoms with E-state index in [9.17, 15) is 4.79 Å². The Balaban J connectivity index is 0.00000150. The summed E-state index contributed by atoms with van der Waals surface area (Å²) in [6, 6.07) is 0. The summed E-state index contributed by atoms with van der Waals surface area (Å²) in [6.07, 6.45) is 10.6. The molecule has 26 heavy (non-hydrogen) atoms. The Morgan fingerprint density at radius 1 is 1.12 bits per heavy atom. The zero-order valence-electron chi connectivity index (χ0n) is 16.3. The number of Topliss-reactive ketones (excluding diaryl/α,β-unsaturated/α-hetero) is 1. The van der Waals surface area contributed by atoms with E-state index in [1.54, 1.807) is 0 Å². The number of hydrogen-bond donors (Lipinski definition) is 0. The van der Waals surface area contributed by atoms with Crippen molar-refractivity contribution in [3.05, 3.63) is 0 Å². The predicted octanol–water partition coefficient (Wildman–Crippen LogP) is 4.29. The minimum atomic E-state index is 0. The van der Waals surface area contributed by atoms with Gasteiger partial charge < -0.3 is 4.74 Å². The van der Waals surface area contributed by atoms with Crippen molar-refractivity contribution in [3.63, 3.8) is 0 Å². The second-order valence-corrected chi connectivity index (χ2v) is 10.8. The second-order valence-electron chi connectivity index (χ2n) is 10.8. The lowest BCUT2D eigenvalue weighted by atomic mass is 9.38. The molecule has 146 valence electrons. The van der Waals surface area contributed by atoms with Gasteiger partial charge in [0.15, 0.2) is 0 Å². The van der Waals surface area contributed by atoms with E-state index in [1.165, 1.54) is 57.9 Å². The summed E-state index contributed by atoms with van der Waals surface area (Å²) in [4.78, 5) is 16.2. The Morgan fingerprint density at radius 2 is 1.96 bits per heavy atom. The minimum absolute atomic E-state index is 0. The highest BCUT2D eigenvalue weighted by Crippen LogP contribution is 2.74. The van der Waals surface area contributed by atoms with E-state index in [-0.39, 0.29) is 23.2 Å². The maximum atomic E-state index is 13.5. The van der Waals surface area contributed by atoms with Crippen molar-refractivity contribution in [1.82, 2.24) is 4.90 Å². The zero-order chi connectivity index (χ0) is 17.0. The Bertz CT molecular complexity index is 640. The van der Waals surface area contributed by atoms with Gasteiger partial charge in [-0.2, -0.15) is 0 Å². The van der Waals surface area contributed by atoms with Gasteiger partial charge in [0, 0.05) is 29.8 Å². The summed E-state index contributed by atoms with van der Waals surface area (Å²) in [5.41, 5.74) is 0.741. The van der Waals surface area contributed by atoms with E-state index in [2.05, 4.69) is 18.7 Å². The number of halogens is 1. The van der Waals surface area contributed by atoms with E-state index in [0.717, 1.165) is 19.1 Å². The van der Waals surface area contributed by atoms with Crippen LogP contribution in [0.3, 0.4) is 0 Å². The number of rotatable bonds is 0. The van der Waals surface area contributed by atoms with Gasteiger partial charge in [-0.05, 0) is 68.1 Å². The Labute approximate surface area is 164 Å². The molecule has 0 aromatic heterocycles. The zero-order valence-corrected chi connectivity index (χ0v) is 17.2. The average molecular weight is 380 g/mol. The first kappa shape index (κ1) is 17.9. The van der Waals surface area contributed by atoms with Gasteiger partial charge in [0.05, 0.1) is 6.61 Å². The van der Waals surface area contributed by atoms with Crippen LogP contribution in [0.5, 0.6) is 0 Å². The normalized spacial score (nSPS) is 57.8. The Hall–Kier alpha value is -0.120. The molecular formula is C22H34ClNO2. The largest absolute Gasteiger partial charge is 0.361 e. The van der Waals surface area contributed by atoms with Crippen LogP contribution in [-0.2, 0) is 9.53 Å². The lowest BCUT2D eigenvalue weighted by Gasteiger charge is -2.70. The number of fused-ring (bicyclic) bond motifs is 2. The van der Waals surface area contributed by atoms with Crippen LogP contribution in [0.1, 0.15) is 65.2 Å². The summed E-state index contributed by atoms with van der Waals surface area (Å²) in [5.74, 6) is 3.02. The highest BCUT2D eigenvalue weighted by molar-refractivity contribution is 5.90. The molecule has 4 bridgehead atoms. The van der Waals surface area contributed by atoms with Crippen LogP contribution in [0.2, 0.25) is 0 Å². The Morgan fingerprint density at radius 3 is 2.81 bits per heavy atom.